The first kappa shape index (κ1) is 13.5. The van der Waals surface area contributed by atoms with Crippen LogP contribution in [0.3, 0.4) is 0 Å². The number of amides is 2. The van der Waals surface area contributed by atoms with E-state index in [1.54, 1.807) is 17.9 Å². The number of anilines is 1. The van der Waals surface area contributed by atoms with Gasteiger partial charge in [-0.05, 0) is 36.6 Å². The summed E-state index contributed by atoms with van der Waals surface area (Å²) in [6, 6.07) is 5.39. The zero-order valence-electron chi connectivity index (χ0n) is 11.0. The van der Waals surface area contributed by atoms with Gasteiger partial charge in [-0.25, -0.2) is 0 Å². The minimum atomic E-state index is -0.141. The average molecular weight is 262 g/mol. The number of benzene rings is 1. The Labute approximate surface area is 112 Å². The van der Waals surface area contributed by atoms with Crippen LogP contribution in [0.4, 0.5) is 5.69 Å². The number of hydrogen-bond acceptors (Lipinski definition) is 3. The molecule has 19 heavy (non-hydrogen) atoms. The number of fused-ring (bicyclic) bond motifs is 1. The van der Waals surface area contributed by atoms with Gasteiger partial charge in [0.05, 0.1) is 0 Å². The maximum Gasteiger partial charge on any atom is 0.251 e. The Bertz CT molecular complexity index is 499. The molecule has 0 radical (unpaired) electrons. The number of nitrogens with one attached hydrogen (secondary N) is 1. The normalized spacial score (nSPS) is 13.3. The third kappa shape index (κ3) is 2.93. The molecule has 2 rings (SSSR count). The van der Waals surface area contributed by atoms with E-state index in [9.17, 15) is 9.59 Å². The average Bonchev–Trinajstić information content (AvgIpc) is 2.81. The number of aliphatic hydroxyl groups excluding tert-OH is 1. The second-order valence-corrected chi connectivity index (χ2v) is 4.60. The van der Waals surface area contributed by atoms with E-state index in [-0.39, 0.29) is 18.4 Å². The van der Waals surface area contributed by atoms with Gasteiger partial charge in [-0.15, -0.1) is 0 Å². The molecule has 1 aliphatic rings. The van der Waals surface area contributed by atoms with Crippen LogP contribution in [0.2, 0.25) is 0 Å². The van der Waals surface area contributed by atoms with E-state index < -0.39 is 0 Å². The van der Waals surface area contributed by atoms with Crippen LogP contribution in [0.5, 0.6) is 0 Å². The summed E-state index contributed by atoms with van der Waals surface area (Å²) >= 11 is 0. The van der Waals surface area contributed by atoms with Gasteiger partial charge in [-0.2, -0.15) is 0 Å². The molecule has 1 aromatic rings. The molecule has 1 aromatic carbocycles. The molecule has 0 saturated heterocycles. The molecular formula is C14H18N2O3. The van der Waals surface area contributed by atoms with Gasteiger partial charge in [0.25, 0.3) is 5.91 Å². The van der Waals surface area contributed by atoms with E-state index in [1.807, 2.05) is 12.1 Å². The molecule has 5 nitrogen and oxygen atoms in total. The molecule has 2 N–H and O–H groups in total. The summed E-state index contributed by atoms with van der Waals surface area (Å²) in [6.07, 6.45) is 1.33. The highest BCUT2D eigenvalue weighted by atomic mass is 16.3. The van der Waals surface area contributed by atoms with Crippen molar-refractivity contribution in [2.45, 2.75) is 19.8 Å². The van der Waals surface area contributed by atoms with E-state index in [4.69, 9.17) is 5.11 Å². The Morgan fingerprint density at radius 2 is 2.21 bits per heavy atom. The SMILES string of the molecule is CC(=O)N1CCc2cc(C(=O)NCCCO)ccc21. The fraction of sp³-hybridized carbons (Fsp3) is 0.429. The zero-order chi connectivity index (χ0) is 13.8. The minimum Gasteiger partial charge on any atom is -0.396 e. The lowest BCUT2D eigenvalue weighted by Gasteiger charge is -2.14. The Hall–Kier alpha value is -1.88. The van der Waals surface area contributed by atoms with Crippen LogP contribution in [0.15, 0.2) is 18.2 Å². The van der Waals surface area contributed by atoms with Gasteiger partial charge in [0.15, 0.2) is 0 Å². The molecule has 0 aromatic heterocycles. The Morgan fingerprint density at radius 1 is 1.42 bits per heavy atom. The van der Waals surface area contributed by atoms with Gasteiger partial charge in [0.2, 0.25) is 5.91 Å². The predicted octanol–water partition coefficient (Wildman–Crippen LogP) is 0.708. The first-order valence-corrected chi connectivity index (χ1v) is 6.43. The second kappa shape index (κ2) is 5.84. The van der Waals surface area contributed by atoms with Crippen LogP contribution in [-0.2, 0) is 11.2 Å². The van der Waals surface area contributed by atoms with Crippen molar-refractivity contribution in [1.82, 2.24) is 5.32 Å². The molecule has 5 heteroatoms. The number of hydrogen-bond donors (Lipinski definition) is 2. The predicted molar refractivity (Wildman–Crippen MR) is 72.2 cm³/mol. The lowest BCUT2D eigenvalue weighted by atomic mass is 10.1. The number of carbonyl (C=O) groups excluding carboxylic acids is 2. The number of nitrogens with zero attached hydrogens (tertiary/aromatic N) is 1. The lowest BCUT2D eigenvalue weighted by molar-refractivity contribution is -0.116. The van der Waals surface area contributed by atoms with Gasteiger partial charge in [-0.1, -0.05) is 0 Å². The van der Waals surface area contributed by atoms with Crippen molar-refractivity contribution in [2.75, 3.05) is 24.6 Å². The maximum atomic E-state index is 11.9. The summed E-state index contributed by atoms with van der Waals surface area (Å²) < 4.78 is 0. The number of carbonyl (C=O) groups is 2. The third-order valence-electron chi connectivity index (χ3n) is 3.24. The molecule has 0 fully saturated rings. The van der Waals surface area contributed by atoms with Gasteiger partial charge in [0, 0.05) is 37.9 Å². The summed E-state index contributed by atoms with van der Waals surface area (Å²) in [4.78, 5) is 25.0. The van der Waals surface area contributed by atoms with Gasteiger partial charge in [-0.3, -0.25) is 9.59 Å². The zero-order valence-corrected chi connectivity index (χ0v) is 11.0. The van der Waals surface area contributed by atoms with Crippen molar-refractivity contribution in [3.05, 3.63) is 29.3 Å². The molecule has 102 valence electrons. The van der Waals surface area contributed by atoms with Gasteiger partial charge < -0.3 is 15.3 Å². The second-order valence-electron chi connectivity index (χ2n) is 4.60. The fourth-order valence-corrected chi connectivity index (χ4v) is 2.25. The van der Waals surface area contributed by atoms with Crippen LogP contribution < -0.4 is 10.2 Å². The van der Waals surface area contributed by atoms with E-state index >= 15 is 0 Å². The quantitative estimate of drug-likeness (QED) is 0.785. The summed E-state index contributed by atoms with van der Waals surface area (Å²) in [6.45, 7) is 2.76. The molecule has 0 saturated carbocycles. The first-order chi connectivity index (χ1) is 9.13. The van der Waals surface area contributed by atoms with Crippen molar-refractivity contribution in [2.24, 2.45) is 0 Å². The molecule has 1 aliphatic heterocycles. The molecule has 0 atom stereocenters. The van der Waals surface area contributed by atoms with E-state index in [1.165, 1.54) is 0 Å². The summed E-state index contributed by atoms with van der Waals surface area (Å²) in [5.74, 6) is -0.114. The summed E-state index contributed by atoms with van der Waals surface area (Å²) in [7, 11) is 0. The highest BCUT2D eigenvalue weighted by Crippen LogP contribution is 2.28. The van der Waals surface area contributed by atoms with Crippen LogP contribution in [-0.4, -0.2) is 36.6 Å². The molecule has 2 amide bonds. The van der Waals surface area contributed by atoms with E-state index in [0.717, 1.165) is 17.7 Å². The molecular weight excluding hydrogens is 244 g/mol. The van der Waals surface area contributed by atoms with Crippen molar-refractivity contribution in [3.8, 4) is 0 Å². The van der Waals surface area contributed by atoms with Crippen LogP contribution in [0.1, 0.15) is 29.3 Å². The smallest absolute Gasteiger partial charge is 0.251 e. The van der Waals surface area contributed by atoms with Gasteiger partial charge in [0.1, 0.15) is 0 Å². The Balaban J connectivity index is 2.10. The van der Waals surface area contributed by atoms with Crippen LogP contribution in [0.25, 0.3) is 0 Å². The molecule has 0 unspecified atom stereocenters. The van der Waals surface area contributed by atoms with Crippen molar-refractivity contribution in [3.63, 3.8) is 0 Å². The first-order valence-electron chi connectivity index (χ1n) is 6.43. The summed E-state index contributed by atoms with van der Waals surface area (Å²) in [5.41, 5.74) is 2.53. The van der Waals surface area contributed by atoms with E-state index in [2.05, 4.69) is 5.32 Å². The topological polar surface area (TPSA) is 69.6 Å². The maximum absolute atomic E-state index is 11.9. The lowest BCUT2D eigenvalue weighted by Crippen LogP contribution is -2.26. The van der Waals surface area contributed by atoms with Crippen molar-refractivity contribution in [1.29, 1.82) is 0 Å². The van der Waals surface area contributed by atoms with Crippen molar-refractivity contribution >= 4 is 17.5 Å². The number of rotatable bonds is 4. The highest BCUT2D eigenvalue weighted by Gasteiger charge is 2.22. The monoisotopic (exact) mass is 262 g/mol. The minimum absolute atomic E-state index is 0.0268. The standard InChI is InChI=1S/C14H18N2O3/c1-10(18)16-7-5-11-9-12(3-4-13(11)16)14(19)15-6-2-8-17/h3-4,9,17H,2,5-8H2,1H3,(H,15,19). The summed E-state index contributed by atoms with van der Waals surface area (Å²) in [5, 5.41) is 11.4. The highest BCUT2D eigenvalue weighted by molar-refractivity contribution is 5.97. The van der Waals surface area contributed by atoms with Crippen LogP contribution in [0, 0.1) is 0 Å². The fourth-order valence-electron chi connectivity index (χ4n) is 2.25. The molecule has 1 heterocycles. The third-order valence-corrected chi connectivity index (χ3v) is 3.24. The van der Waals surface area contributed by atoms with Crippen molar-refractivity contribution < 1.29 is 14.7 Å². The largest absolute Gasteiger partial charge is 0.396 e. The van der Waals surface area contributed by atoms with E-state index in [0.29, 0.717) is 25.1 Å². The van der Waals surface area contributed by atoms with Crippen LogP contribution >= 0.6 is 0 Å². The molecule has 0 spiro atoms. The Kier molecular flexibility index (Phi) is 4.16. The number of aliphatic hydroxyl groups is 1. The van der Waals surface area contributed by atoms with Gasteiger partial charge >= 0.3 is 0 Å². The molecule has 0 bridgehead atoms. The Morgan fingerprint density at radius 3 is 2.89 bits per heavy atom. The molecule has 0 aliphatic carbocycles.